The van der Waals surface area contributed by atoms with Crippen molar-refractivity contribution < 1.29 is 8.42 Å². The van der Waals surface area contributed by atoms with Gasteiger partial charge in [-0.1, -0.05) is 0 Å². The molecule has 1 aliphatic rings. The summed E-state index contributed by atoms with van der Waals surface area (Å²) in [5, 5.41) is 5.04. The van der Waals surface area contributed by atoms with Crippen molar-refractivity contribution in [3.8, 4) is 0 Å². The van der Waals surface area contributed by atoms with Crippen molar-refractivity contribution in [2.24, 2.45) is 0 Å². The SMILES string of the molecule is CNc1ccc(S(=O)(=O)N2CCc3sccc3C2C)cc1. The third-order valence-corrected chi connectivity index (χ3v) is 6.95. The fraction of sp³-hybridized carbons (Fsp3) is 0.333. The van der Waals surface area contributed by atoms with Crippen LogP contribution >= 0.6 is 11.3 Å². The standard InChI is InChI=1S/C15H18N2O2S2/c1-11-14-8-10-20-15(14)7-9-17(11)21(18,19)13-5-3-12(16-2)4-6-13/h3-6,8,10-11,16H,7,9H2,1-2H3. The second kappa shape index (κ2) is 5.44. The van der Waals surface area contributed by atoms with Gasteiger partial charge in [-0.15, -0.1) is 11.3 Å². The molecule has 2 heterocycles. The number of rotatable bonds is 3. The number of sulfonamides is 1. The Hall–Kier alpha value is -1.37. The van der Waals surface area contributed by atoms with E-state index in [1.807, 2.05) is 25.4 Å². The Morgan fingerprint density at radius 2 is 1.95 bits per heavy atom. The molecule has 1 aromatic heterocycles. The highest BCUT2D eigenvalue weighted by molar-refractivity contribution is 7.89. The molecule has 6 heteroatoms. The van der Waals surface area contributed by atoms with Crippen LogP contribution in [0.25, 0.3) is 0 Å². The lowest BCUT2D eigenvalue weighted by Gasteiger charge is -2.32. The number of benzene rings is 1. The van der Waals surface area contributed by atoms with Gasteiger partial charge in [-0.3, -0.25) is 0 Å². The van der Waals surface area contributed by atoms with Crippen molar-refractivity contribution in [2.75, 3.05) is 18.9 Å². The molecule has 0 amide bonds. The van der Waals surface area contributed by atoms with Crippen molar-refractivity contribution in [3.63, 3.8) is 0 Å². The number of anilines is 1. The van der Waals surface area contributed by atoms with Crippen LogP contribution in [0, 0.1) is 0 Å². The highest BCUT2D eigenvalue weighted by atomic mass is 32.2. The second-order valence-corrected chi connectivity index (χ2v) is 8.01. The van der Waals surface area contributed by atoms with E-state index in [1.165, 1.54) is 4.88 Å². The zero-order valence-corrected chi connectivity index (χ0v) is 13.7. The van der Waals surface area contributed by atoms with Gasteiger partial charge in [0.15, 0.2) is 0 Å². The topological polar surface area (TPSA) is 49.4 Å². The Bertz CT molecular complexity index is 735. The first-order valence-electron chi connectivity index (χ1n) is 6.90. The van der Waals surface area contributed by atoms with Gasteiger partial charge in [-0.2, -0.15) is 4.31 Å². The number of nitrogens with zero attached hydrogens (tertiary/aromatic N) is 1. The number of hydrogen-bond donors (Lipinski definition) is 1. The maximum absolute atomic E-state index is 12.8. The van der Waals surface area contributed by atoms with Crippen LogP contribution in [0.4, 0.5) is 5.69 Å². The minimum Gasteiger partial charge on any atom is -0.388 e. The monoisotopic (exact) mass is 322 g/mol. The van der Waals surface area contributed by atoms with E-state index in [0.717, 1.165) is 17.7 Å². The predicted molar refractivity (Wildman–Crippen MR) is 86.3 cm³/mol. The molecule has 4 nitrogen and oxygen atoms in total. The summed E-state index contributed by atoms with van der Waals surface area (Å²) in [5.74, 6) is 0. The highest BCUT2D eigenvalue weighted by Gasteiger charge is 2.34. The van der Waals surface area contributed by atoms with Crippen LogP contribution in [0.1, 0.15) is 23.4 Å². The number of nitrogens with one attached hydrogen (secondary N) is 1. The van der Waals surface area contributed by atoms with E-state index in [0.29, 0.717) is 11.4 Å². The molecular weight excluding hydrogens is 304 g/mol. The van der Waals surface area contributed by atoms with E-state index >= 15 is 0 Å². The van der Waals surface area contributed by atoms with Crippen LogP contribution < -0.4 is 5.32 Å². The zero-order chi connectivity index (χ0) is 15.0. The molecule has 0 bridgehead atoms. The average molecular weight is 322 g/mol. The van der Waals surface area contributed by atoms with E-state index in [-0.39, 0.29) is 6.04 Å². The van der Waals surface area contributed by atoms with Crippen LogP contribution in [0.5, 0.6) is 0 Å². The van der Waals surface area contributed by atoms with E-state index in [2.05, 4.69) is 5.32 Å². The van der Waals surface area contributed by atoms with Crippen molar-refractivity contribution in [1.82, 2.24) is 4.31 Å². The summed E-state index contributed by atoms with van der Waals surface area (Å²) < 4.78 is 27.3. The maximum atomic E-state index is 12.8. The van der Waals surface area contributed by atoms with Crippen molar-refractivity contribution >= 4 is 27.0 Å². The first kappa shape index (κ1) is 14.6. The van der Waals surface area contributed by atoms with Gasteiger partial charge >= 0.3 is 0 Å². The van der Waals surface area contributed by atoms with Gasteiger partial charge in [0, 0.05) is 30.2 Å². The molecule has 0 fully saturated rings. The first-order chi connectivity index (χ1) is 10.0. The quantitative estimate of drug-likeness (QED) is 0.944. The lowest BCUT2D eigenvalue weighted by molar-refractivity contribution is 0.329. The number of fused-ring (bicyclic) bond motifs is 1. The summed E-state index contributed by atoms with van der Waals surface area (Å²) >= 11 is 1.71. The van der Waals surface area contributed by atoms with E-state index < -0.39 is 10.0 Å². The normalized spacial score (nSPS) is 19.2. The van der Waals surface area contributed by atoms with Crippen LogP contribution in [0.2, 0.25) is 0 Å². The van der Waals surface area contributed by atoms with Crippen molar-refractivity contribution in [2.45, 2.75) is 24.3 Å². The summed E-state index contributed by atoms with van der Waals surface area (Å²) in [5.41, 5.74) is 2.04. The second-order valence-electron chi connectivity index (χ2n) is 5.12. The first-order valence-corrected chi connectivity index (χ1v) is 9.22. The van der Waals surface area contributed by atoms with Gasteiger partial charge in [0.25, 0.3) is 0 Å². The Kier molecular flexibility index (Phi) is 3.77. The average Bonchev–Trinajstić information content (AvgIpc) is 2.97. The lowest BCUT2D eigenvalue weighted by atomic mass is 10.0. The molecule has 2 aromatic rings. The summed E-state index contributed by atoms with van der Waals surface area (Å²) in [6.45, 7) is 2.51. The van der Waals surface area contributed by atoms with Crippen molar-refractivity contribution in [3.05, 3.63) is 46.2 Å². The molecule has 21 heavy (non-hydrogen) atoms. The molecule has 1 N–H and O–H groups in total. The van der Waals surface area contributed by atoms with Crippen LogP contribution in [-0.2, 0) is 16.4 Å². The predicted octanol–water partition coefficient (Wildman–Crippen LogP) is 3.10. The fourth-order valence-electron chi connectivity index (χ4n) is 2.74. The van der Waals surface area contributed by atoms with Crippen molar-refractivity contribution in [1.29, 1.82) is 0 Å². The molecule has 112 valence electrons. The summed E-state index contributed by atoms with van der Waals surface area (Å²) in [7, 11) is -1.63. The highest BCUT2D eigenvalue weighted by Crippen LogP contribution is 2.36. The van der Waals surface area contributed by atoms with Crippen LogP contribution in [0.3, 0.4) is 0 Å². The fourth-order valence-corrected chi connectivity index (χ4v) is 5.32. The lowest BCUT2D eigenvalue weighted by Crippen LogP contribution is -2.38. The molecule has 0 aliphatic carbocycles. The van der Waals surface area contributed by atoms with Gasteiger partial charge in [-0.25, -0.2) is 8.42 Å². The van der Waals surface area contributed by atoms with Crippen LogP contribution in [-0.4, -0.2) is 26.3 Å². The minimum absolute atomic E-state index is 0.103. The summed E-state index contributed by atoms with van der Waals surface area (Å²) in [4.78, 5) is 1.66. The van der Waals surface area contributed by atoms with Gasteiger partial charge in [-0.05, 0) is 54.6 Å². The van der Waals surface area contributed by atoms with Gasteiger partial charge < -0.3 is 5.32 Å². The molecule has 0 spiro atoms. The van der Waals surface area contributed by atoms with E-state index in [9.17, 15) is 8.42 Å². The molecule has 1 unspecified atom stereocenters. The minimum atomic E-state index is -3.45. The van der Waals surface area contributed by atoms with Gasteiger partial charge in [0.2, 0.25) is 10.0 Å². The molecule has 1 atom stereocenters. The van der Waals surface area contributed by atoms with Gasteiger partial charge in [0.05, 0.1) is 4.90 Å². The Morgan fingerprint density at radius 1 is 1.24 bits per heavy atom. The largest absolute Gasteiger partial charge is 0.388 e. The Labute approximate surface area is 129 Å². The Morgan fingerprint density at radius 3 is 2.62 bits per heavy atom. The van der Waals surface area contributed by atoms with Crippen LogP contribution in [0.15, 0.2) is 40.6 Å². The molecule has 0 radical (unpaired) electrons. The third-order valence-electron chi connectivity index (χ3n) is 3.97. The molecular formula is C15H18N2O2S2. The molecule has 3 rings (SSSR count). The van der Waals surface area contributed by atoms with E-state index in [1.54, 1.807) is 39.9 Å². The Balaban J connectivity index is 1.95. The molecule has 0 saturated carbocycles. The smallest absolute Gasteiger partial charge is 0.243 e. The molecule has 0 saturated heterocycles. The maximum Gasteiger partial charge on any atom is 0.243 e. The molecule has 1 aliphatic heterocycles. The number of hydrogen-bond acceptors (Lipinski definition) is 4. The third kappa shape index (κ3) is 2.47. The van der Waals surface area contributed by atoms with Gasteiger partial charge in [0.1, 0.15) is 0 Å². The molecule has 1 aromatic carbocycles. The van der Waals surface area contributed by atoms with E-state index in [4.69, 9.17) is 0 Å². The summed E-state index contributed by atoms with van der Waals surface area (Å²) in [6.07, 6.45) is 0.797. The number of thiophene rings is 1. The summed E-state index contributed by atoms with van der Waals surface area (Å²) in [6, 6.07) is 8.84. The zero-order valence-electron chi connectivity index (χ0n) is 12.0.